The Kier molecular flexibility index (Phi) is 10.5. The second-order valence-electron chi connectivity index (χ2n) is 26.1. The third kappa shape index (κ3) is 6.13. The van der Waals surface area contributed by atoms with Crippen LogP contribution in [0.2, 0.25) is 0 Å². The highest BCUT2D eigenvalue weighted by Crippen LogP contribution is 2.77. The van der Waals surface area contributed by atoms with Crippen molar-refractivity contribution >= 4 is 23.4 Å². The molecule has 0 aromatic carbocycles. The molecule has 0 unspecified atom stereocenters. The molecule has 12 atom stereocenters. The van der Waals surface area contributed by atoms with Crippen LogP contribution in [-0.4, -0.2) is 45.8 Å². The standard InChI is InChI=1S/C30H41NO3.C29H38O4/c1-18-19-8-9-22-28(4,20(19)16-21(32)24(18)33)13-15-30(6)23-17-27(3,25(34)31-7)11-10-26(23,2)12-14-29(22,30)5;1-17-18-7-8-21-27(4,19(18)15-20(30)23(17)31)12-14-29(6)22-16-26(3,24(32)33)10-9-25(22,2)11-13-28(21,29)5/h8-9,16,23,33H,10-15,17H2,1-7H3,(H,31,34);7-8,15,22,31H,9-14,16H2,1-6H3,(H,32,33)/t23-,26-,27-,28+,29-,30+;22-,25-,26-,27+,28-,29+/m11/s1. The summed E-state index contributed by atoms with van der Waals surface area (Å²) in [7, 11) is 1.77. The van der Waals surface area contributed by atoms with E-state index in [-0.39, 0.29) is 77.7 Å². The minimum atomic E-state index is -0.655. The lowest BCUT2D eigenvalue weighted by Crippen LogP contribution is -2.62. The number of hydrogen-bond donors (Lipinski definition) is 4. The number of carbonyl (C=O) groups is 4. The fourth-order valence-electron chi connectivity index (χ4n) is 17.6. The summed E-state index contributed by atoms with van der Waals surface area (Å²) in [5.41, 5.74) is 7.38. The van der Waals surface area contributed by atoms with Gasteiger partial charge in [0.25, 0.3) is 0 Å². The van der Waals surface area contributed by atoms with Gasteiger partial charge in [-0.1, -0.05) is 97.8 Å². The van der Waals surface area contributed by atoms with Gasteiger partial charge in [-0.15, -0.1) is 0 Å². The Morgan fingerprint density at radius 1 is 0.537 bits per heavy atom. The number of nitrogens with one attached hydrogen (secondary N) is 1. The molecule has 10 aliphatic rings. The number of carbonyl (C=O) groups excluding carboxylic acids is 3. The highest BCUT2D eigenvalue weighted by atomic mass is 16.4. The van der Waals surface area contributed by atoms with Crippen LogP contribution in [0, 0.1) is 66.0 Å². The van der Waals surface area contributed by atoms with E-state index in [4.69, 9.17) is 0 Å². The van der Waals surface area contributed by atoms with Gasteiger partial charge < -0.3 is 20.6 Å². The highest BCUT2D eigenvalue weighted by Gasteiger charge is 2.69. The number of carboxylic acid groups (broad SMARTS) is 1. The SMILES string of the molecule is CC1=C(O)C(=O)C=C2C1=CC=C1[C@@]2(C)CC[C@@]2(C)[C@@H]3C[C@](C)(C(=O)O)CC[C@]3(C)CC[C@]12C.CNC(=O)[C@]1(C)CC[C@]2(C)CC[C@]3(C)C4=CC=C5C(=CC(=O)C(O)=C5C)[C@]4(C)CC[C@@]3(C)[C@@H]2C1. The van der Waals surface area contributed by atoms with Crippen LogP contribution in [0.25, 0.3) is 0 Å². The maximum Gasteiger partial charge on any atom is 0.309 e. The lowest BCUT2D eigenvalue weighted by atomic mass is 9.34. The second kappa shape index (κ2) is 14.7. The lowest BCUT2D eigenvalue weighted by molar-refractivity contribution is -0.178. The molecule has 0 aliphatic heterocycles. The monoisotopic (exact) mass is 914 g/mol. The van der Waals surface area contributed by atoms with Gasteiger partial charge in [0, 0.05) is 34.4 Å². The third-order valence-corrected chi connectivity index (χ3v) is 23.0. The molecule has 0 bridgehead atoms. The third-order valence-electron chi connectivity index (χ3n) is 23.0. The smallest absolute Gasteiger partial charge is 0.309 e. The molecular weight excluding hydrogens is 835 g/mol. The van der Waals surface area contributed by atoms with E-state index in [1.807, 2.05) is 20.8 Å². The number of rotatable bonds is 2. The number of carboxylic acids is 1. The first-order chi connectivity index (χ1) is 31.0. The first kappa shape index (κ1) is 47.8. The summed E-state index contributed by atoms with van der Waals surface area (Å²) in [5.74, 6) is -0.466. The molecule has 6 saturated carbocycles. The Labute approximate surface area is 400 Å². The van der Waals surface area contributed by atoms with E-state index in [9.17, 15) is 34.5 Å². The van der Waals surface area contributed by atoms with Crippen LogP contribution in [0.4, 0.5) is 0 Å². The quantitative estimate of drug-likeness (QED) is 0.216. The van der Waals surface area contributed by atoms with Crippen LogP contribution in [0.3, 0.4) is 0 Å². The van der Waals surface area contributed by atoms with E-state index in [2.05, 4.69) is 91.9 Å². The average Bonchev–Trinajstić information content (AvgIpc) is 3.28. The molecule has 10 rings (SSSR count). The number of hydrogen-bond acceptors (Lipinski definition) is 6. The molecule has 0 radical (unpaired) electrons. The predicted octanol–water partition coefficient (Wildman–Crippen LogP) is 13.1. The zero-order chi connectivity index (χ0) is 49.1. The second-order valence-corrected chi connectivity index (χ2v) is 26.1. The Hall–Kier alpha value is -4.20. The summed E-state index contributed by atoms with van der Waals surface area (Å²) in [6, 6.07) is 0. The molecule has 0 heterocycles. The van der Waals surface area contributed by atoms with Crippen LogP contribution < -0.4 is 5.32 Å². The molecule has 0 aromatic heterocycles. The lowest BCUT2D eigenvalue weighted by Gasteiger charge is -2.70. The van der Waals surface area contributed by atoms with Gasteiger partial charge in [-0.05, 0) is 189 Å². The van der Waals surface area contributed by atoms with Crippen molar-refractivity contribution in [2.24, 2.45) is 66.0 Å². The molecule has 362 valence electrons. The Morgan fingerprint density at radius 2 is 0.910 bits per heavy atom. The van der Waals surface area contributed by atoms with E-state index < -0.39 is 11.4 Å². The molecule has 0 aromatic rings. The van der Waals surface area contributed by atoms with Gasteiger partial charge in [0.1, 0.15) is 0 Å². The molecule has 6 fully saturated rings. The van der Waals surface area contributed by atoms with Crippen molar-refractivity contribution < 1.29 is 34.5 Å². The molecule has 1 amide bonds. The van der Waals surface area contributed by atoms with Crippen molar-refractivity contribution in [1.82, 2.24) is 5.32 Å². The summed E-state index contributed by atoms with van der Waals surface area (Å²) in [4.78, 5) is 50.4. The van der Waals surface area contributed by atoms with Crippen LogP contribution in [-0.2, 0) is 19.2 Å². The molecule has 10 aliphatic carbocycles. The number of allylic oxidation sites excluding steroid dienone is 14. The van der Waals surface area contributed by atoms with Crippen molar-refractivity contribution in [3.63, 3.8) is 0 Å². The van der Waals surface area contributed by atoms with Gasteiger partial charge in [0.05, 0.1) is 5.41 Å². The number of ketones is 2. The predicted molar refractivity (Wildman–Crippen MR) is 264 cm³/mol. The molecular formula is C59H79NO7. The Balaban J connectivity index is 0.000000168. The van der Waals surface area contributed by atoms with Crippen molar-refractivity contribution in [3.8, 4) is 0 Å². The number of aliphatic carboxylic acids is 1. The van der Waals surface area contributed by atoms with Crippen LogP contribution in [0.15, 0.2) is 92.6 Å². The fraction of sp³-hybridized carbons (Fsp3) is 0.661. The van der Waals surface area contributed by atoms with E-state index in [0.717, 1.165) is 106 Å². The molecule has 67 heavy (non-hydrogen) atoms. The maximum atomic E-state index is 12.9. The Morgan fingerprint density at radius 3 is 1.30 bits per heavy atom. The molecule has 0 saturated heterocycles. The van der Waals surface area contributed by atoms with Gasteiger partial charge in [-0.2, -0.15) is 0 Å². The highest BCUT2D eigenvalue weighted by molar-refractivity contribution is 6.07. The summed E-state index contributed by atoms with van der Waals surface area (Å²) in [6.07, 6.45) is 26.2. The van der Waals surface area contributed by atoms with Crippen LogP contribution in [0.1, 0.15) is 173 Å². The van der Waals surface area contributed by atoms with Crippen molar-refractivity contribution in [1.29, 1.82) is 0 Å². The molecule has 8 nitrogen and oxygen atoms in total. The van der Waals surface area contributed by atoms with E-state index >= 15 is 0 Å². The van der Waals surface area contributed by atoms with Gasteiger partial charge in [0.15, 0.2) is 11.5 Å². The fourth-order valence-corrected chi connectivity index (χ4v) is 17.6. The van der Waals surface area contributed by atoms with Crippen LogP contribution >= 0.6 is 0 Å². The topological polar surface area (TPSA) is 141 Å². The number of fused-ring (bicyclic) bond motifs is 14. The molecule has 0 spiro atoms. The van der Waals surface area contributed by atoms with E-state index in [0.29, 0.717) is 23.0 Å². The largest absolute Gasteiger partial charge is 0.504 e. The normalized spacial score (nSPS) is 46.2. The average molecular weight is 914 g/mol. The van der Waals surface area contributed by atoms with E-state index in [1.165, 1.54) is 17.6 Å². The van der Waals surface area contributed by atoms with Crippen molar-refractivity contribution in [2.45, 2.75) is 173 Å². The number of aliphatic hydroxyl groups is 2. The summed E-state index contributed by atoms with van der Waals surface area (Å²) >= 11 is 0. The van der Waals surface area contributed by atoms with Crippen molar-refractivity contribution in [2.75, 3.05) is 7.05 Å². The molecule has 4 N–H and O–H groups in total. The van der Waals surface area contributed by atoms with Gasteiger partial charge in [-0.3, -0.25) is 19.2 Å². The van der Waals surface area contributed by atoms with Crippen molar-refractivity contribution in [3.05, 3.63) is 92.6 Å². The first-order valence-corrected chi connectivity index (χ1v) is 25.6. The first-order valence-electron chi connectivity index (χ1n) is 25.6. The zero-order valence-electron chi connectivity index (χ0n) is 43.0. The maximum absolute atomic E-state index is 12.9. The summed E-state index contributed by atoms with van der Waals surface area (Å²) in [5, 5.41) is 33.6. The number of aliphatic hydroxyl groups excluding tert-OH is 2. The van der Waals surface area contributed by atoms with Gasteiger partial charge in [0.2, 0.25) is 17.5 Å². The van der Waals surface area contributed by atoms with Crippen LogP contribution in [0.5, 0.6) is 0 Å². The summed E-state index contributed by atoms with van der Waals surface area (Å²) in [6.45, 7) is 27.1. The Bertz CT molecular complexity index is 2580. The minimum Gasteiger partial charge on any atom is -0.504 e. The molecule has 8 heteroatoms. The minimum absolute atomic E-state index is 0.0000746. The van der Waals surface area contributed by atoms with E-state index in [1.54, 1.807) is 19.2 Å². The summed E-state index contributed by atoms with van der Waals surface area (Å²) < 4.78 is 0. The van der Waals surface area contributed by atoms with Gasteiger partial charge in [-0.25, -0.2) is 0 Å². The zero-order valence-corrected chi connectivity index (χ0v) is 43.0. The van der Waals surface area contributed by atoms with Gasteiger partial charge >= 0.3 is 5.97 Å². The number of amides is 1.